The normalized spacial score (nSPS) is 27.2. The van der Waals surface area contributed by atoms with Gasteiger partial charge in [0, 0.05) is 25.6 Å². The van der Waals surface area contributed by atoms with Gasteiger partial charge in [-0.1, -0.05) is 6.58 Å². The van der Waals surface area contributed by atoms with Crippen LogP contribution in [0.25, 0.3) is 0 Å². The van der Waals surface area contributed by atoms with Gasteiger partial charge >= 0.3 is 13.6 Å². The zero-order chi connectivity index (χ0) is 24.9. The fraction of sp³-hybridized carbons (Fsp3) is 0.722. The Hall–Kier alpha value is -1.86. The number of likely N-dealkylation sites (tertiary alicyclic amines) is 1. The highest BCUT2D eigenvalue weighted by molar-refractivity contribution is 7.52. The maximum absolute atomic E-state index is 12.5. The van der Waals surface area contributed by atoms with Gasteiger partial charge in [-0.2, -0.15) is 0 Å². The van der Waals surface area contributed by atoms with Crippen LogP contribution < -0.4 is 10.6 Å². The van der Waals surface area contributed by atoms with Crippen LogP contribution in [0.5, 0.6) is 0 Å². The lowest BCUT2D eigenvalue weighted by molar-refractivity contribution is -0.147. The van der Waals surface area contributed by atoms with Gasteiger partial charge in [0.25, 0.3) is 0 Å². The molecule has 1 fully saturated rings. The monoisotopic (exact) mass is 481 g/mol. The van der Waals surface area contributed by atoms with Crippen LogP contribution in [0.4, 0.5) is 0 Å². The van der Waals surface area contributed by atoms with Gasteiger partial charge in [-0.15, -0.1) is 0 Å². The van der Waals surface area contributed by atoms with E-state index < -0.39 is 68.7 Å². The molecule has 13 nitrogen and oxygen atoms in total. The van der Waals surface area contributed by atoms with Crippen LogP contribution in [-0.2, 0) is 23.5 Å². The summed E-state index contributed by atoms with van der Waals surface area (Å²) in [5.41, 5.74) is -1.97. The first-order chi connectivity index (χ1) is 14.6. The molecule has 0 aromatic heterocycles. The number of carbonyl (C=O) groups excluding carboxylic acids is 2. The van der Waals surface area contributed by atoms with E-state index in [4.69, 9.17) is 4.52 Å². The molecule has 32 heavy (non-hydrogen) atoms. The van der Waals surface area contributed by atoms with Crippen molar-refractivity contribution in [2.24, 2.45) is 0 Å². The van der Waals surface area contributed by atoms with Crippen LogP contribution in [-0.4, -0.2) is 110 Å². The van der Waals surface area contributed by atoms with E-state index in [1.54, 1.807) is 0 Å². The summed E-state index contributed by atoms with van der Waals surface area (Å²) >= 11 is 0. The molecule has 0 bridgehead atoms. The number of aliphatic hydroxyl groups is 3. The summed E-state index contributed by atoms with van der Waals surface area (Å²) in [5, 5.41) is 44.0. The van der Waals surface area contributed by atoms with E-state index in [0.29, 0.717) is 0 Å². The van der Waals surface area contributed by atoms with Gasteiger partial charge in [0.15, 0.2) is 5.54 Å². The third-order valence-electron chi connectivity index (χ3n) is 5.18. The van der Waals surface area contributed by atoms with Crippen LogP contribution >= 0.6 is 7.60 Å². The number of amides is 2. The molecular formula is C18H32N3O10P. The minimum atomic E-state index is -4.40. The van der Waals surface area contributed by atoms with Crippen LogP contribution in [0.1, 0.15) is 20.8 Å². The number of nitrogens with one attached hydrogen (secondary N) is 2. The van der Waals surface area contributed by atoms with Gasteiger partial charge in [0.2, 0.25) is 11.8 Å². The van der Waals surface area contributed by atoms with Gasteiger partial charge < -0.3 is 40.5 Å². The maximum atomic E-state index is 12.5. The Bertz CT molecular complexity index is 778. The second-order valence-corrected chi connectivity index (χ2v) is 9.96. The lowest BCUT2D eigenvalue weighted by atomic mass is 10.0. The number of nitrogens with zero attached hydrogens (tertiary/aromatic N) is 1. The SMILES string of the molecule is C=C(C)C(=O)NC(C)(COP(=O)(O)CCN1[C@H](CO)[C@@H](O)[C@H](O)[C@H]1CNC(C)=O)C(=O)O. The fourth-order valence-corrected chi connectivity index (χ4v) is 4.24. The molecule has 0 radical (unpaired) electrons. The van der Waals surface area contributed by atoms with Crippen molar-refractivity contribution in [1.29, 1.82) is 0 Å². The average molecular weight is 481 g/mol. The number of aliphatic hydroxyl groups excluding tert-OH is 3. The zero-order valence-electron chi connectivity index (χ0n) is 18.2. The molecule has 1 saturated heterocycles. The van der Waals surface area contributed by atoms with Crippen molar-refractivity contribution in [2.75, 3.05) is 32.5 Å². The van der Waals surface area contributed by atoms with Crippen molar-refractivity contribution in [3.63, 3.8) is 0 Å². The van der Waals surface area contributed by atoms with Crippen molar-refractivity contribution < 1.29 is 48.8 Å². The summed E-state index contributed by atoms with van der Waals surface area (Å²) in [5.74, 6) is -2.65. The van der Waals surface area contributed by atoms with E-state index in [1.807, 2.05) is 0 Å². The third-order valence-corrected chi connectivity index (χ3v) is 6.48. The number of hydrogen-bond donors (Lipinski definition) is 7. The largest absolute Gasteiger partial charge is 0.479 e. The van der Waals surface area contributed by atoms with Crippen molar-refractivity contribution >= 4 is 25.4 Å². The summed E-state index contributed by atoms with van der Waals surface area (Å²) < 4.78 is 17.5. The number of carbonyl (C=O) groups is 3. The lowest BCUT2D eigenvalue weighted by Gasteiger charge is -2.31. The molecule has 0 spiro atoms. The molecule has 6 atom stereocenters. The fourth-order valence-electron chi connectivity index (χ4n) is 3.17. The molecule has 14 heteroatoms. The van der Waals surface area contributed by atoms with Crippen molar-refractivity contribution in [1.82, 2.24) is 15.5 Å². The number of hydrogen-bond acceptors (Lipinski definition) is 9. The molecule has 2 amide bonds. The summed E-state index contributed by atoms with van der Waals surface area (Å²) in [6.07, 6.45) is -3.22. The molecule has 0 aliphatic carbocycles. The minimum absolute atomic E-state index is 0.0380. The molecule has 1 aliphatic rings. The molecule has 1 heterocycles. The van der Waals surface area contributed by atoms with Gasteiger partial charge in [0.05, 0.1) is 43.7 Å². The number of carboxylic acid groups (broad SMARTS) is 1. The Balaban J connectivity index is 2.86. The standard InChI is InChI=1S/C18H32N3O10P/c1-10(2)16(26)20-18(4,17(27)28)9-31-32(29,30)6-5-21-12(7-19-11(3)23)14(24)15(25)13(21)8-22/h12-15,22,24-25H,1,5-9H2,2-4H3,(H,19,23)(H,20,26)(H,27,28)(H,29,30)/t12-,13-,14-,15-,18?/m1/s1. The summed E-state index contributed by atoms with van der Waals surface area (Å²) in [7, 11) is -4.40. The molecule has 2 unspecified atom stereocenters. The number of aliphatic carboxylic acids is 1. The minimum Gasteiger partial charge on any atom is -0.479 e. The van der Waals surface area contributed by atoms with Gasteiger partial charge in [-0.25, -0.2) is 4.79 Å². The predicted octanol–water partition coefficient (Wildman–Crippen LogP) is -2.37. The highest BCUT2D eigenvalue weighted by Crippen LogP contribution is 2.43. The highest BCUT2D eigenvalue weighted by Gasteiger charge is 2.47. The second-order valence-electron chi connectivity index (χ2n) is 7.98. The Morgan fingerprint density at radius 1 is 1.19 bits per heavy atom. The molecule has 7 N–H and O–H groups in total. The van der Waals surface area contributed by atoms with Crippen molar-refractivity contribution in [3.8, 4) is 0 Å². The highest BCUT2D eigenvalue weighted by atomic mass is 31.2. The Kier molecular flexibility index (Phi) is 9.97. The Morgan fingerprint density at radius 2 is 1.75 bits per heavy atom. The van der Waals surface area contributed by atoms with Gasteiger partial charge in [0.1, 0.15) is 0 Å². The first-order valence-corrected chi connectivity index (χ1v) is 11.6. The smallest absolute Gasteiger partial charge is 0.331 e. The van der Waals surface area contributed by atoms with Crippen LogP contribution in [0.2, 0.25) is 0 Å². The molecule has 0 aromatic rings. The molecule has 0 saturated carbocycles. The van der Waals surface area contributed by atoms with Crippen molar-refractivity contribution in [3.05, 3.63) is 12.2 Å². The lowest BCUT2D eigenvalue weighted by Crippen LogP contribution is -2.55. The molecule has 0 aromatic carbocycles. The Labute approximate surface area is 185 Å². The van der Waals surface area contributed by atoms with E-state index in [0.717, 1.165) is 6.92 Å². The summed E-state index contributed by atoms with van der Waals surface area (Å²) in [6.45, 7) is 5.44. The van der Waals surface area contributed by atoms with E-state index in [1.165, 1.54) is 18.7 Å². The quantitative estimate of drug-likeness (QED) is 0.116. The van der Waals surface area contributed by atoms with Crippen LogP contribution in [0.15, 0.2) is 12.2 Å². The predicted molar refractivity (Wildman–Crippen MR) is 112 cm³/mol. The summed E-state index contributed by atoms with van der Waals surface area (Å²) in [6, 6.07) is -1.80. The van der Waals surface area contributed by atoms with Gasteiger partial charge in [-0.3, -0.25) is 19.1 Å². The van der Waals surface area contributed by atoms with E-state index in [9.17, 15) is 44.3 Å². The topological polar surface area (TPSA) is 206 Å². The summed E-state index contributed by atoms with van der Waals surface area (Å²) in [4.78, 5) is 46.1. The van der Waals surface area contributed by atoms with E-state index in [-0.39, 0.29) is 24.6 Å². The molecular weight excluding hydrogens is 449 g/mol. The van der Waals surface area contributed by atoms with Gasteiger partial charge in [-0.05, 0) is 13.8 Å². The Morgan fingerprint density at radius 3 is 2.22 bits per heavy atom. The zero-order valence-corrected chi connectivity index (χ0v) is 19.1. The van der Waals surface area contributed by atoms with E-state index in [2.05, 4.69) is 17.2 Å². The molecule has 1 aliphatic heterocycles. The average Bonchev–Trinajstić information content (AvgIpc) is 2.92. The first-order valence-electron chi connectivity index (χ1n) is 9.80. The van der Waals surface area contributed by atoms with Crippen LogP contribution in [0, 0.1) is 0 Å². The van der Waals surface area contributed by atoms with E-state index >= 15 is 0 Å². The van der Waals surface area contributed by atoms with Crippen molar-refractivity contribution in [2.45, 2.75) is 50.6 Å². The molecule has 184 valence electrons. The molecule has 1 rings (SSSR count). The number of carboxylic acids is 1. The second kappa shape index (κ2) is 11.3. The number of rotatable bonds is 12. The van der Waals surface area contributed by atoms with Crippen LogP contribution in [0.3, 0.4) is 0 Å². The third kappa shape index (κ3) is 7.34. The maximum Gasteiger partial charge on any atom is 0.331 e. The first kappa shape index (κ1) is 28.2.